The van der Waals surface area contributed by atoms with E-state index in [0.717, 1.165) is 30.0 Å². The van der Waals surface area contributed by atoms with Gasteiger partial charge in [-0.25, -0.2) is 9.97 Å². The molecule has 2 aromatic rings. The fraction of sp³-hybridized carbons (Fsp3) is 0.625. The third kappa shape index (κ3) is 3.00. The van der Waals surface area contributed by atoms with Crippen LogP contribution in [-0.4, -0.2) is 26.0 Å². The summed E-state index contributed by atoms with van der Waals surface area (Å²) in [6, 6.07) is 4.06. The van der Waals surface area contributed by atoms with Crippen LogP contribution in [0.2, 0.25) is 0 Å². The molecule has 3 nitrogen and oxygen atoms in total. The maximum Gasteiger partial charge on any atom is 0.160 e. The van der Waals surface area contributed by atoms with Crippen LogP contribution in [0.4, 0.5) is 0 Å². The number of hydrogen-bond acceptors (Lipinski definition) is 3. The lowest BCUT2D eigenvalue weighted by Crippen LogP contribution is -2.19. The lowest BCUT2D eigenvalue weighted by Gasteiger charge is -2.21. The Labute approximate surface area is 125 Å². The first-order chi connectivity index (χ1) is 9.53. The van der Waals surface area contributed by atoms with Crippen molar-refractivity contribution >= 4 is 22.9 Å². The number of rotatable bonds is 3. The first-order valence-corrected chi connectivity index (χ1v) is 8.56. The Hall–Kier alpha value is -1.03. The van der Waals surface area contributed by atoms with E-state index in [1.807, 2.05) is 12.3 Å². The van der Waals surface area contributed by atoms with Crippen molar-refractivity contribution in [3.63, 3.8) is 0 Å². The Morgan fingerprint density at radius 3 is 2.95 bits per heavy atom. The van der Waals surface area contributed by atoms with Crippen LogP contribution in [0.1, 0.15) is 33.0 Å². The molecule has 0 radical (unpaired) electrons. The zero-order chi connectivity index (χ0) is 14.2. The topological polar surface area (TPSA) is 30.7 Å². The van der Waals surface area contributed by atoms with Crippen LogP contribution < -0.4 is 0 Å². The van der Waals surface area contributed by atoms with Crippen LogP contribution in [0.15, 0.2) is 18.3 Å². The van der Waals surface area contributed by atoms with Gasteiger partial charge < -0.3 is 4.57 Å². The van der Waals surface area contributed by atoms with E-state index in [1.54, 1.807) is 0 Å². The van der Waals surface area contributed by atoms with E-state index in [1.165, 1.54) is 23.8 Å². The second-order valence-electron chi connectivity index (χ2n) is 6.95. The van der Waals surface area contributed by atoms with Gasteiger partial charge in [0.2, 0.25) is 0 Å². The highest BCUT2D eigenvalue weighted by atomic mass is 32.2. The summed E-state index contributed by atoms with van der Waals surface area (Å²) in [5, 5.41) is 0. The van der Waals surface area contributed by atoms with Crippen molar-refractivity contribution in [1.29, 1.82) is 0 Å². The fourth-order valence-electron chi connectivity index (χ4n) is 2.80. The number of fused-ring (bicyclic) bond motifs is 1. The summed E-state index contributed by atoms with van der Waals surface area (Å²) >= 11 is 2.07. The van der Waals surface area contributed by atoms with E-state index in [2.05, 4.69) is 48.2 Å². The monoisotopic (exact) mass is 289 g/mol. The molecule has 3 heterocycles. The lowest BCUT2D eigenvalue weighted by molar-refractivity contribution is 0.339. The largest absolute Gasteiger partial charge is 0.312 e. The van der Waals surface area contributed by atoms with Crippen LogP contribution in [0.25, 0.3) is 11.2 Å². The molecular weight excluding hydrogens is 266 g/mol. The third-order valence-corrected chi connectivity index (χ3v) is 4.94. The molecule has 0 aromatic carbocycles. The van der Waals surface area contributed by atoms with Crippen molar-refractivity contribution in [3.05, 3.63) is 24.2 Å². The average Bonchev–Trinajstić information content (AvgIpc) is 2.98. The molecule has 0 bridgehead atoms. The molecule has 1 atom stereocenters. The van der Waals surface area contributed by atoms with Crippen molar-refractivity contribution in [2.45, 2.75) is 40.2 Å². The standard InChI is InChI=1S/C16H23N3S/c1-16(2,3)11-19-14(9-12-6-8-20-10-12)18-13-5-4-7-17-15(13)19/h4-5,7,12H,6,8-11H2,1-3H3. The van der Waals surface area contributed by atoms with Crippen molar-refractivity contribution in [2.24, 2.45) is 11.3 Å². The summed E-state index contributed by atoms with van der Waals surface area (Å²) < 4.78 is 2.35. The van der Waals surface area contributed by atoms with Crippen molar-refractivity contribution in [1.82, 2.24) is 14.5 Å². The van der Waals surface area contributed by atoms with Crippen LogP contribution >= 0.6 is 11.8 Å². The lowest BCUT2D eigenvalue weighted by atomic mass is 9.96. The molecule has 1 aliphatic rings. The molecule has 0 N–H and O–H groups in total. The van der Waals surface area contributed by atoms with Gasteiger partial charge in [-0.05, 0) is 41.4 Å². The predicted molar refractivity (Wildman–Crippen MR) is 86.1 cm³/mol. The molecule has 2 aromatic heterocycles. The van der Waals surface area contributed by atoms with E-state index < -0.39 is 0 Å². The van der Waals surface area contributed by atoms with Gasteiger partial charge in [0.25, 0.3) is 0 Å². The smallest absolute Gasteiger partial charge is 0.160 e. The molecule has 0 amide bonds. The average molecular weight is 289 g/mol. The summed E-state index contributed by atoms with van der Waals surface area (Å²) in [7, 11) is 0. The second kappa shape index (κ2) is 5.40. The van der Waals surface area contributed by atoms with Gasteiger partial charge in [0.1, 0.15) is 11.3 Å². The molecular formula is C16H23N3S. The van der Waals surface area contributed by atoms with Crippen LogP contribution in [0.5, 0.6) is 0 Å². The Bertz CT molecular complexity index is 591. The summed E-state index contributed by atoms with van der Waals surface area (Å²) in [5.41, 5.74) is 2.32. The van der Waals surface area contributed by atoms with Crippen LogP contribution in [0.3, 0.4) is 0 Å². The van der Waals surface area contributed by atoms with E-state index in [4.69, 9.17) is 4.98 Å². The molecule has 108 valence electrons. The molecule has 1 saturated heterocycles. The Balaban J connectivity index is 1.98. The molecule has 20 heavy (non-hydrogen) atoms. The van der Waals surface area contributed by atoms with Crippen molar-refractivity contribution in [2.75, 3.05) is 11.5 Å². The highest BCUT2D eigenvalue weighted by Gasteiger charge is 2.22. The Kier molecular flexibility index (Phi) is 3.76. The normalized spacial score (nSPS) is 19.9. The number of thioether (sulfide) groups is 1. The minimum Gasteiger partial charge on any atom is -0.312 e. The van der Waals surface area contributed by atoms with Crippen LogP contribution in [-0.2, 0) is 13.0 Å². The molecule has 0 aliphatic carbocycles. The van der Waals surface area contributed by atoms with E-state index >= 15 is 0 Å². The van der Waals surface area contributed by atoms with Gasteiger partial charge in [-0.1, -0.05) is 20.8 Å². The van der Waals surface area contributed by atoms with E-state index in [-0.39, 0.29) is 5.41 Å². The zero-order valence-corrected chi connectivity index (χ0v) is 13.4. The maximum absolute atomic E-state index is 4.85. The first kappa shape index (κ1) is 13.9. The molecule has 1 unspecified atom stereocenters. The molecule has 3 rings (SSSR count). The minimum atomic E-state index is 0.240. The molecule has 1 aliphatic heterocycles. The summed E-state index contributed by atoms with van der Waals surface area (Å²) in [5.74, 6) is 4.60. The summed E-state index contributed by atoms with van der Waals surface area (Å²) in [6.07, 6.45) is 4.30. The SMILES string of the molecule is CC(C)(C)Cn1c(CC2CCSC2)nc2cccnc21. The summed E-state index contributed by atoms with van der Waals surface area (Å²) in [6.45, 7) is 7.81. The van der Waals surface area contributed by atoms with Gasteiger partial charge in [0.05, 0.1) is 0 Å². The number of hydrogen-bond donors (Lipinski definition) is 0. The summed E-state index contributed by atoms with van der Waals surface area (Å²) in [4.78, 5) is 9.41. The van der Waals surface area contributed by atoms with Gasteiger partial charge in [0, 0.05) is 19.2 Å². The molecule has 0 spiro atoms. The Morgan fingerprint density at radius 1 is 1.40 bits per heavy atom. The fourth-order valence-corrected chi connectivity index (χ4v) is 4.09. The van der Waals surface area contributed by atoms with Gasteiger partial charge >= 0.3 is 0 Å². The highest BCUT2D eigenvalue weighted by Crippen LogP contribution is 2.29. The van der Waals surface area contributed by atoms with Crippen molar-refractivity contribution in [3.8, 4) is 0 Å². The third-order valence-electron chi connectivity index (χ3n) is 3.71. The minimum absolute atomic E-state index is 0.240. The second-order valence-corrected chi connectivity index (χ2v) is 8.10. The number of imidazole rings is 1. The number of nitrogens with zero attached hydrogens (tertiary/aromatic N) is 3. The molecule has 0 saturated carbocycles. The first-order valence-electron chi connectivity index (χ1n) is 7.41. The van der Waals surface area contributed by atoms with Gasteiger partial charge in [-0.3, -0.25) is 0 Å². The number of aromatic nitrogens is 3. The van der Waals surface area contributed by atoms with E-state index in [9.17, 15) is 0 Å². The number of pyridine rings is 1. The van der Waals surface area contributed by atoms with Gasteiger partial charge in [-0.2, -0.15) is 11.8 Å². The highest BCUT2D eigenvalue weighted by molar-refractivity contribution is 7.99. The Morgan fingerprint density at radius 2 is 2.25 bits per heavy atom. The maximum atomic E-state index is 4.85. The van der Waals surface area contributed by atoms with Crippen molar-refractivity contribution < 1.29 is 0 Å². The molecule has 4 heteroatoms. The van der Waals surface area contributed by atoms with Gasteiger partial charge in [0.15, 0.2) is 5.65 Å². The van der Waals surface area contributed by atoms with Crippen LogP contribution in [0, 0.1) is 11.3 Å². The predicted octanol–water partition coefficient (Wildman–Crippen LogP) is 3.77. The van der Waals surface area contributed by atoms with Gasteiger partial charge in [-0.15, -0.1) is 0 Å². The zero-order valence-electron chi connectivity index (χ0n) is 12.6. The quantitative estimate of drug-likeness (QED) is 0.861. The van der Waals surface area contributed by atoms with E-state index in [0.29, 0.717) is 0 Å². The molecule has 1 fully saturated rings.